The summed E-state index contributed by atoms with van der Waals surface area (Å²) in [5.74, 6) is -0.189. The Labute approximate surface area is 127 Å². The summed E-state index contributed by atoms with van der Waals surface area (Å²) in [4.78, 5) is 11.7. The van der Waals surface area contributed by atoms with Gasteiger partial charge in [0.15, 0.2) is 0 Å². The van der Waals surface area contributed by atoms with Gasteiger partial charge in [0.05, 0.1) is 18.2 Å². The van der Waals surface area contributed by atoms with Crippen LogP contribution in [0.3, 0.4) is 0 Å². The Balaban J connectivity index is 2.46. The Morgan fingerprint density at radius 2 is 2.35 bits per heavy atom. The number of halogens is 1. The molecule has 5 heteroatoms. The molecule has 2 N–H and O–H groups in total. The summed E-state index contributed by atoms with van der Waals surface area (Å²) in [6, 6.07) is 7.79. The van der Waals surface area contributed by atoms with Crippen molar-refractivity contribution in [1.82, 2.24) is 5.32 Å². The van der Waals surface area contributed by atoms with E-state index in [0.29, 0.717) is 13.0 Å². The number of hydrogen-bond donors (Lipinski definition) is 2. The molecular weight excluding hydrogens is 322 g/mol. The first kappa shape index (κ1) is 15.5. The van der Waals surface area contributed by atoms with Gasteiger partial charge in [-0.05, 0) is 31.0 Å². The van der Waals surface area contributed by atoms with Crippen molar-refractivity contribution in [3.05, 3.63) is 34.3 Å². The normalized spacial score (nSPS) is 30.0. The minimum atomic E-state index is -0.670. The molecule has 0 spiro atoms. The molecule has 0 radical (unpaired) electrons. The summed E-state index contributed by atoms with van der Waals surface area (Å²) < 4.78 is 6.72. The van der Waals surface area contributed by atoms with E-state index in [4.69, 9.17) is 4.74 Å². The third-order valence-corrected chi connectivity index (χ3v) is 4.36. The molecule has 1 amide bonds. The van der Waals surface area contributed by atoms with E-state index in [2.05, 4.69) is 21.2 Å². The number of amides is 1. The van der Waals surface area contributed by atoms with Crippen LogP contribution in [0.1, 0.15) is 25.8 Å². The highest BCUT2D eigenvalue weighted by Crippen LogP contribution is 2.38. The smallest absolute Gasteiger partial charge is 0.217 e. The number of aliphatic hydroxyl groups excluding tert-OH is 1. The highest BCUT2D eigenvalue weighted by molar-refractivity contribution is 9.10. The van der Waals surface area contributed by atoms with Gasteiger partial charge >= 0.3 is 0 Å². The van der Waals surface area contributed by atoms with Gasteiger partial charge in [-0.25, -0.2) is 0 Å². The van der Waals surface area contributed by atoms with Crippen LogP contribution >= 0.6 is 15.9 Å². The lowest BCUT2D eigenvalue weighted by molar-refractivity contribution is -0.129. The molecule has 0 bridgehead atoms. The third-order valence-electron chi connectivity index (χ3n) is 3.87. The summed E-state index contributed by atoms with van der Waals surface area (Å²) in [5.41, 5.74) is 0.282. The first-order chi connectivity index (χ1) is 9.48. The van der Waals surface area contributed by atoms with E-state index in [9.17, 15) is 9.90 Å². The molecule has 1 aliphatic rings. The van der Waals surface area contributed by atoms with Crippen LogP contribution in [0.25, 0.3) is 0 Å². The molecule has 0 unspecified atom stereocenters. The van der Waals surface area contributed by atoms with E-state index in [1.807, 2.05) is 31.2 Å². The van der Waals surface area contributed by atoms with Crippen LogP contribution in [-0.2, 0) is 15.1 Å². The number of ether oxygens (including phenoxy) is 1. The van der Waals surface area contributed by atoms with Crippen LogP contribution in [-0.4, -0.2) is 30.3 Å². The maximum Gasteiger partial charge on any atom is 0.217 e. The lowest BCUT2D eigenvalue weighted by atomic mass is 9.74. The zero-order chi connectivity index (χ0) is 14.8. The lowest BCUT2D eigenvalue weighted by Gasteiger charge is -2.46. The average molecular weight is 342 g/mol. The predicted octanol–water partition coefficient (Wildman–Crippen LogP) is 2.20. The second-order valence-corrected chi connectivity index (χ2v) is 6.32. The molecule has 3 atom stereocenters. The predicted molar refractivity (Wildman–Crippen MR) is 80.2 cm³/mol. The molecule has 1 saturated heterocycles. The third kappa shape index (κ3) is 3.05. The molecule has 1 heterocycles. The fourth-order valence-corrected chi connectivity index (χ4v) is 3.30. The second-order valence-electron chi connectivity index (χ2n) is 5.40. The van der Waals surface area contributed by atoms with Gasteiger partial charge in [0.2, 0.25) is 5.91 Å². The van der Waals surface area contributed by atoms with Crippen LogP contribution in [0, 0.1) is 5.92 Å². The van der Waals surface area contributed by atoms with Gasteiger partial charge in [-0.15, -0.1) is 0 Å². The summed E-state index contributed by atoms with van der Waals surface area (Å²) in [5, 5.41) is 12.8. The van der Waals surface area contributed by atoms with E-state index in [1.165, 1.54) is 6.92 Å². The van der Waals surface area contributed by atoms with Crippen LogP contribution in [0.2, 0.25) is 0 Å². The first-order valence-corrected chi connectivity index (χ1v) is 7.54. The molecule has 0 saturated carbocycles. The van der Waals surface area contributed by atoms with Gasteiger partial charge in [-0.1, -0.05) is 28.1 Å². The standard InChI is InChI=1S/C15H20BrNO3/c1-10-6-13(8-18)15(9-20-10,17-11(2)19)12-4-3-5-14(16)7-12/h3-5,7,10,13,18H,6,8-9H2,1-2H3,(H,17,19)/t10-,13-,15+/m0/s1. The SMILES string of the molecule is CC(=O)N[C@@]1(c2cccc(Br)c2)CO[C@@H](C)C[C@H]1CO. The minimum Gasteiger partial charge on any atom is -0.396 e. The Bertz CT molecular complexity index is 494. The number of hydrogen-bond acceptors (Lipinski definition) is 3. The molecule has 1 aromatic carbocycles. The van der Waals surface area contributed by atoms with Crippen LogP contribution < -0.4 is 5.32 Å². The van der Waals surface area contributed by atoms with Crippen molar-refractivity contribution in [3.8, 4) is 0 Å². The quantitative estimate of drug-likeness (QED) is 0.885. The van der Waals surface area contributed by atoms with Crippen molar-refractivity contribution in [3.63, 3.8) is 0 Å². The van der Waals surface area contributed by atoms with Gasteiger partial charge in [0.1, 0.15) is 0 Å². The van der Waals surface area contributed by atoms with Gasteiger partial charge in [0.25, 0.3) is 0 Å². The van der Waals surface area contributed by atoms with Crippen LogP contribution in [0.15, 0.2) is 28.7 Å². The Hall–Kier alpha value is -0.910. The molecular formula is C15H20BrNO3. The number of nitrogens with one attached hydrogen (secondary N) is 1. The molecule has 20 heavy (non-hydrogen) atoms. The highest BCUT2D eigenvalue weighted by atomic mass is 79.9. The van der Waals surface area contributed by atoms with Crippen molar-refractivity contribution in [2.45, 2.75) is 31.9 Å². The maximum atomic E-state index is 11.7. The molecule has 1 fully saturated rings. The fourth-order valence-electron chi connectivity index (χ4n) is 2.90. The highest BCUT2D eigenvalue weighted by Gasteiger charge is 2.45. The minimum absolute atomic E-state index is 0.0144. The van der Waals surface area contributed by atoms with Crippen LogP contribution in [0.4, 0.5) is 0 Å². The largest absolute Gasteiger partial charge is 0.396 e. The molecule has 2 rings (SSSR count). The van der Waals surface area contributed by atoms with Crippen LogP contribution in [0.5, 0.6) is 0 Å². The summed E-state index contributed by atoms with van der Waals surface area (Å²) >= 11 is 3.46. The summed E-state index contributed by atoms with van der Waals surface area (Å²) in [6.07, 6.45) is 0.796. The zero-order valence-electron chi connectivity index (χ0n) is 11.7. The second kappa shape index (κ2) is 6.24. The Morgan fingerprint density at radius 3 is 2.95 bits per heavy atom. The monoisotopic (exact) mass is 341 g/mol. The number of aliphatic hydroxyl groups is 1. The molecule has 0 aliphatic carbocycles. The van der Waals surface area contributed by atoms with Crippen molar-refractivity contribution in [1.29, 1.82) is 0 Å². The van der Waals surface area contributed by atoms with Gasteiger partial charge in [0, 0.05) is 23.9 Å². The fraction of sp³-hybridized carbons (Fsp3) is 0.533. The summed E-state index contributed by atoms with van der Waals surface area (Å²) in [7, 11) is 0. The number of benzene rings is 1. The molecule has 1 aromatic rings. The number of rotatable bonds is 3. The van der Waals surface area contributed by atoms with Crippen molar-refractivity contribution < 1.29 is 14.6 Å². The van der Waals surface area contributed by atoms with Crippen molar-refractivity contribution in [2.75, 3.05) is 13.2 Å². The van der Waals surface area contributed by atoms with E-state index >= 15 is 0 Å². The molecule has 4 nitrogen and oxygen atoms in total. The van der Waals surface area contributed by atoms with Gasteiger partial charge in [-0.3, -0.25) is 4.79 Å². The van der Waals surface area contributed by atoms with Gasteiger partial charge < -0.3 is 15.2 Å². The number of carbonyl (C=O) groups excluding carboxylic acids is 1. The van der Waals surface area contributed by atoms with E-state index in [1.54, 1.807) is 0 Å². The van der Waals surface area contributed by atoms with E-state index < -0.39 is 5.54 Å². The van der Waals surface area contributed by atoms with E-state index in [0.717, 1.165) is 10.0 Å². The van der Waals surface area contributed by atoms with Crippen molar-refractivity contribution >= 4 is 21.8 Å². The topological polar surface area (TPSA) is 58.6 Å². The Morgan fingerprint density at radius 1 is 1.60 bits per heavy atom. The maximum absolute atomic E-state index is 11.7. The summed E-state index contributed by atoms with van der Waals surface area (Å²) in [6.45, 7) is 3.86. The number of carbonyl (C=O) groups is 1. The van der Waals surface area contributed by atoms with Gasteiger partial charge in [-0.2, -0.15) is 0 Å². The lowest BCUT2D eigenvalue weighted by Crippen LogP contribution is -2.58. The first-order valence-electron chi connectivity index (χ1n) is 6.75. The van der Waals surface area contributed by atoms with Crippen molar-refractivity contribution in [2.24, 2.45) is 5.92 Å². The molecule has 0 aromatic heterocycles. The molecule has 1 aliphatic heterocycles. The average Bonchev–Trinajstić information content (AvgIpc) is 2.40. The Kier molecular flexibility index (Phi) is 4.83. The van der Waals surface area contributed by atoms with E-state index in [-0.39, 0.29) is 24.5 Å². The zero-order valence-corrected chi connectivity index (χ0v) is 13.3. The molecule has 110 valence electrons.